The molecule has 0 fully saturated rings. The largest absolute Gasteiger partial charge is 0.327 e. The second-order valence-corrected chi connectivity index (χ2v) is 3.79. The quantitative estimate of drug-likeness (QED) is 0.718. The number of benzene rings is 1. The predicted octanol–water partition coefficient (Wildman–Crippen LogP) is 0.439. The van der Waals surface area contributed by atoms with Crippen LogP contribution in [0, 0.1) is 0 Å². The Morgan fingerprint density at radius 2 is 1.62 bits per heavy atom. The molecule has 0 saturated carbocycles. The molecule has 1 heterocycles. The van der Waals surface area contributed by atoms with Gasteiger partial charge in [0.1, 0.15) is 0 Å². The zero-order valence-corrected chi connectivity index (χ0v) is 9.02. The molecule has 0 saturated heterocycles. The smallest absolute Gasteiger partial charge is 0.270 e. The Balaban J connectivity index is 2.32. The minimum atomic E-state index is -2.16. The molecule has 0 aromatic heterocycles. The summed E-state index contributed by atoms with van der Waals surface area (Å²) < 4.78 is 19.8. The first kappa shape index (κ1) is 10.9. The molecule has 0 aliphatic carbocycles. The van der Waals surface area contributed by atoms with Crippen LogP contribution in [0.25, 0.3) is 0 Å². The van der Waals surface area contributed by atoms with E-state index >= 15 is 0 Å². The van der Waals surface area contributed by atoms with E-state index in [4.69, 9.17) is 0 Å². The molecule has 0 N–H and O–H groups in total. The molecule has 1 aliphatic heterocycles. The van der Waals surface area contributed by atoms with Gasteiger partial charge >= 0.3 is 11.4 Å². The van der Waals surface area contributed by atoms with Gasteiger partial charge in [-0.15, -0.1) is 9.35 Å². The summed E-state index contributed by atoms with van der Waals surface area (Å²) in [6.07, 6.45) is 0. The van der Waals surface area contributed by atoms with Gasteiger partial charge in [-0.2, -0.15) is 4.21 Å². The molecule has 16 heavy (non-hydrogen) atoms. The lowest BCUT2D eigenvalue weighted by atomic mass is 10.1. The van der Waals surface area contributed by atoms with Crippen LogP contribution in [0.2, 0.25) is 0 Å². The minimum Gasteiger partial charge on any atom is -0.270 e. The van der Waals surface area contributed by atoms with Gasteiger partial charge < -0.3 is 0 Å². The first-order valence-electron chi connectivity index (χ1n) is 4.27. The molecule has 0 radical (unpaired) electrons. The number of carbonyl (C=O) groups is 2. The molecular formula is C9H7NO5S. The summed E-state index contributed by atoms with van der Waals surface area (Å²) in [7, 11) is 1.13. The maximum absolute atomic E-state index is 11.6. The molecule has 0 spiro atoms. The van der Waals surface area contributed by atoms with Gasteiger partial charge in [-0.1, -0.05) is 12.1 Å². The van der Waals surface area contributed by atoms with Crippen LogP contribution in [-0.4, -0.2) is 28.2 Å². The average molecular weight is 241 g/mol. The molecule has 6 nitrogen and oxygen atoms in total. The third-order valence-electron chi connectivity index (χ3n) is 2.03. The summed E-state index contributed by atoms with van der Waals surface area (Å²) in [6.45, 7) is 0. The monoisotopic (exact) mass is 241 g/mol. The number of hydroxylamine groups is 2. The topological polar surface area (TPSA) is 72.9 Å². The molecule has 2 amide bonds. The molecule has 1 aliphatic rings. The van der Waals surface area contributed by atoms with Crippen molar-refractivity contribution in [3.05, 3.63) is 35.4 Å². The average Bonchev–Trinajstić information content (AvgIpc) is 2.55. The first-order valence-corrected chi connectivity index (χ1v) is 5.27. The molecule has 84 valence electrons. The second kappa shape index (κ2) is 4.12. The number of imide groups is 1. The van der Waals surface area contributed by atoms with E-state index in [0.29, 0.717) is 5.06 Å². The van der Waals surface area contributed by atoms with Crippen LogP contribution < -0.4 is 0 Å². The number of rotatable bonds is 3. The van der Waals surface area contributed by atoms with E-state index in [1.165, 1.54) is 12.1 Å². The lowest BCUT2D eigenvalue weighted by Crippen LogP contribution is -2.31. The fourth-order valence-corrected chi connectivity index (χ4v) is 1.64. The molecule has 1 atom stereocenters. The number of carbonyl (C=O) groups excluding carboxylic acids is 2. The lowest BCUT2D eigenvalue weighted by molar-refractivity contribution is -0.0124. The fourth-order valence-electron chi connectivity index (χ4n) is 1.33. The maximum Gasteiger partial charge on any atom is 0.327 e. The van der Waals surface area contributed by atoms with E-state index in [1.807, 2.05) is 0 Å². The van der Waals surface area contributed by atoms with E-state index < -0.39 is 23.2 Å². The Morgan fingerprint density at radius 1 is 1.12 bits per heavy atom. The van der Waals surface area contributed by atoms with Gasteiger partial charge in [-0.05, 0) is 12.1 Å². The molecule has 1 aromatic rings. The van der Waals surface area contributed by atoms with Crippen LogP contribution >= 0.6 is 0 Å². The van der Waals surface area contributed by atoms with Gasteiger partial charge in [0.05, 0.1) is 18.2 Å². The van der Waals surface area contributed by atoms with E-state index in [0.717, 1.165) is 7.11 Å². The van der Waals surface area contributed by atoms with Crippen LogP contribution in [0.1, 0.15) is 20.7 Å². The van der Waals surface area contributed by atoms with Crippen molar-refractivity contribution in [2.24, 2.45) is 0 Å². The Morgan fingerprint density at radius 3 is 2.06 bits per heavy atom. The highest BCUT2D eigenvalue weighted by atomic mass is 32.2. The standard InChI is InChI=1S/C9H7NO5S/c1-14-16(13)15-10-8(11)6-4-2-3-5-7(6)9(10)12/h2-5H,1H3. The van der Waals surface area contributed by atoms with Crippen LogP contribution in [-0.2, 0) is 19.8 Å². The molecular weight excluding hydrogens is 234 g/mol. The zero-order valence-electron chi connectivity index (χ0n) is 8.21. The number of hydrogen-bond acceptors (Lipinski definition) is 5. The molecule has 7 heteroatoms. The van der Waals surface area contributed by atoms with Crippen molar-refractivity contribution in [1.82, 2.24) is 5.06 Å². The fraction of sp³-hybridized carbons (Fsp3) is 0.111. The van der Waals surface area contributed by atoms with Crippen molar-refractivity contribution in [3.63, 3.8) is 0 Å². The van der Waals surface area contributed by atoms with Crippen molar-refractivity contribution >= 4 is 23.2 Å². The highest BCUT2D eigenvalue weighted by Crippen LogP contribution is 2.22. The van der Waals surface area contributed by atoms with E-state index in [1.54, 1.807) is 12.1 Å². The lowest BCUT2D eigenvalue weighted by Gasteiger charge is -2.09. The third-order valence-corrected chi connectivity index (χ3v) is 2.57. The Kier molecular flexibility index (Phi) is 2.82. The summed E-state index contributed by atoms with van der Waals surface area (Å²) in [5.74, 6) is -1.29. The highest BCUT2D eigenvalue weighted by Gasteiger charge is 2.38. The second-order valence-electron chi connectivity index (χ2n) is 2.90. The van der Waals surface area contributed by atoms with Crippen molar-refractivity contribution in [2.45, 2.75) is 0 Å². The van der Waals surface area contributed by atoms with Gasteiger partial charge in [0.15, 0.2) is 0 Å². The van der Waals surface area contributed by atoms with Crippen molar-refractivity contribution in [1.29, 1.82) is 0 Å². The predicted molar refractivity (Wildman–Crippen MR) is 53.2 cm³/mol. The van der Waals surface area contributed by atoms with Gasteiger partial charge in [-0.25, -0.2) is 0 Å². The zero-order chi connectivity index (χ0) is 11.7. The Labute approximate surface area is 93.6 Å². The molecule has 1 aromatic carbocycles. The van der Waals surface area contributed by atoms with Gasteiger partial charge in [0.2, 0.25) is 0 Å². The Bertz CT molecular complexity index is 452. The minimum absolute atomic E-state index is 0.223. The highest BCUT2D eigenvalue weighted by molar-refractivity contribution is 7.75. The summed E-state index contributed by atoms with van der Waals surface area (Å²) in [6, 6.07) is 6.24. The van der Waals surface area contributed by atoms with Crippen molar-refractivity contribution in [2.75, 3.05) is 7.11 Å². The van der Waals surface area contributed by atoms with Crippen LogP contribution in [0.4, 0.5) is 0 Å². The summed E-state index contributed by atoms with van der Waals surface area (Å²) in [5.41, 5.74) is 0.446. The number of amides is 2. The third kappa shape index (κ3) is 1.64. The van der Waals surface area contributed by atoms with E-state index in [-0.39, 0.29) is 11.1 Å². The number of hydrogen-bond donors (Lipinski definition) is 0. The maximum atomic E-state index is 11.6. The number of fused-ring (bicyclic) bond motifs is 1. The molecule has 0 bridgehead atoms. The summed E-state index contributed by atoms with van der Waals surface area (Å²) in [5, 5.41) is 0.435. The summed E-state index contributed by atoms with van der Waals surface area (Å²) in [4.78, 5) is 23.3. The molecule has 2 rings (SSSR count). The summed E-state index contributed by atoms with van der Waals surface area (Å²) >= 11 is -2.16. The van der Waals surface area contributed by atoms with Gasteiger partial charge in [0, 0.05) is 0 Å². The van der Waals surface area contributed by atoms with Gasteiger partial charge in [-0.3, -0.25) is 13.8 Å². The van der Waals surface area contributed by atoms with E-state index in [9.17, 15) is 13.8 Å². The Hall–Kier alpha value is -1.57. The van der Waals surface area contributed by atoms with E-state index in [2.05, 4.69) is 8.47 Å². The van der Waals surface area contributed by atoms with Crippen molar-refractivity contribution < 1.29 is 22.3 Å². The number of nitrogens with zero attached hydrogens (tertiary/aromatic N) is 1. The SMILES string of the molecule is COS(=O)ON1C(=O)c2ccccc2C1=O. The van der Waals surface area contributed by atoms with Gasteiger partial charge in [0.25, 0.3) is 11.8 Å². The first-order chi connectivity index (χ1) is 7.65. The van der Waals surface area contributed by atoms with Crippen LogP contribution in [0.15, 0.2) is 24.3 Å². The van der Waals surface area contributed by atoms with Crippen LogP contribution in [0.3, 0.4) is 0 Å². The van der Waals surface area contributed by atoms with Crippen molar-refractivity contribution in [3.8, 4) is 0 Å². The molecule has 1 unspecified atom stereocenters. The van der Waals surface area contributed by atoms with Crippen LogP contribution in [0.5, 0.6) is 0 Å². The normalized spacial score (nSPS) is 16.4.